The second kappa shape index (κ2) is 14.3. The molecule has 1 aromatic heterocycles. The number of aliphatic hydroxyl groups excluding tert-OH is 1. The Bertz CT molecular complexity index is 900. The number of aliphatic hydroxyl groups is 1. The zero-order valence-electron chi connectivity index (χ0n) is 17.4. The van der Waals surface area contributed by atoms with Crippen molar-refractivity contribution in [1.29, 1.82) is 0 Å². The van der Waals surface area contributed by atoms with E-state index in [-0.39, 0.29) is 6.61 Å². The number of para-hydroxylation sites is 1. The first-order valence-corrected chi connectivity index (χ1v) is 9.47. The molecule has 2 rings (SSSR count). The summed E-state index contributed by atoms with van der Waals surface area (Å²) in [6, 6.07) is 11.6. The Morgan fingerprint density at radius 2 is 1.68 bits per heavy atom. The van der Waals surface area contributed by atoms with Gasteiger partial charge in [0.05, 0.1) is 5.56 Å². The summed E-state index contributed by atoms with van der Waals surface area (Å²) >= 11 is 0. The number of carboxylic acids is 2. The van der Waals surface area contributed by atoms with Crippen molar-refractivity contribution in [3.63, 3.8) is 0 Å². The third-order valence-electron chi connectivity index (χ3n) is 3.47. The summed E-state index contributed by atoms with van der Waals surface area (Å²) in [4.78, 5) is 23.1. The second-order valence-electron chi connectivity index (χ2n) is 6.52. The van der Waals surface area contributed by atoms with Crippen LogP contribution in [0.15, 0.2) is 60.9 Å². The summed E-state index contributed by atoms with van der Waals surface area (Å²) in [5.74, 6) is 4.35. The summed E-state index contributed by atoms with van der Waals surface area (Å²) in [7, 11) is 0. The number of pyridine rings is 1. The number of nitrogens with one attached hydrogen (secondary N) is 1. The lowest BCUT2D eigenvalue weighted by Crippen LogP contribution is -2.35. The SMILES string of the molecule is CC(C)NCC(O)COc1ccccc1C#Cc1ccncc1.O=C(O)C=CC(=O)O. The number of carboxylic acid groups (broad SMARTS) is 2. The van der Waals surface area contributed by atoms with Crippen LogP contribution in [0.2, 0.25) is 0 Å². The van der Waals surface area contributed by atoms with Crippen molar-refractivity contribution in [2.45, 2.75) is 26.0 Å². The van der Waals surface area contributed by atoms with Gasteiger partial charge in [0.1, 0.15) is 18.5 Å². The maximum atomic E-state index is 9.93. The van der Waals surface area contributed by atoms with Crippen molar-refractivity contribution >= 4 is 11.9 Å². The van der Waals surface area contributed by atoms with E-state index in [9.17, 15) is 14.7 Å². The number of rotatable bonds is 8. The fraction of sp³-hybridized carbons (Fsp3) is 0.261. The second-order valence-corrected chi connectivity index (χ2v) is 6.52. The van der Waals surface area contributed by atoms with Crippen molar-refractivity contribution in [2.75, 3.05) is 13.2 Å². The highest BCUT2D eigenvalue weighted by Gasteiger charge is 2.07. The van der Waals surface area contributed by atoms with Gasteiger partial charge in [0, 0.05) is 42.7 Å². The Kier molecular flexibility index (Phi) is 11.7. The van der Waals surface area contributed by atoms with E-state index < -0.39 is 18.0 Å². The van der Waals surface area contributed by atoms with E-state index in [1.54, 1.807) is 12.4 Å². The average molecular weight is 426 g/mol. The van der Waals surface area contributed by atoms with Crippen LogP contribution in [0.1, 0.15) is 25.0 Å². The molecule has 0 aliphatic heterocycles. The number of aromatic nitrogens is 1. The molecule has 2 aromatic rings. The van der Waals surface area contributed by atoms with E-state index in [2.05, 4.69) is 22.1 Å². The van der Waals surface area contributed by atoms with Crippen molar-refractivity contribution in [3.05, 3.63) is 72.1 Å². The van der Waals surface area contributed by atoms with Gasteiger partial charge in [-0.1, -0.05) is 37.8 Å². The van der Waals surface area contributed by atoms with Gasteiger partial charge in [0.2, 0.25) is 0 Å². The molecule has 8 heteroatoms. The molecular formula is C23H26N2O6. The Labute approximate surface area is 181 Å². The fourth-order valence-corrected chi connectivity index (χ4v) is 2.03. The number of nitrogens with zero attached hydrogens (tertiary/aromatic N) is 1. The molecule has 0 amide bonds. The first kappa shape index (κ1) is 25.4. The summed E-state index contributed by atoms with van der Waals surface area (Å²) in [6.07, 6.45) is 3.98. The Hall–Kier alpha value is -3.67. The number of benzene rings is 1. The van der Waals surface area contributed by atoms with Crippen LogP contribution >= 0.6 is 0 Å². The molecule has 0 fully saturated rings. The van der Waals surface area contributed by atoms with Crippen molar-refractivity contribution in [3.8, 4) is 17.6 Å². The van der Waals surface area contributed by atoms with E-state index >= 15 is 0 Å². The highest BCUT2D eigenvalue weighted by molar-refractivity contribution is 5.89. The van der Waals surface area contributed by atoms with Gasteiger partial charge in [-0.25, -0.2) is 9.59 Å². The van der Waals surface area contributed by atoms with Crippen LogP contribution in [0.25, 0.3) is 0 Å². The van der Waals surface area contributed by atoms with Gasteiger partial charge in [-0.2, -0.15) is 0 Å². The van der Waals surface area contributed by atoms with Gasteiger partial charge in [-0.15, -0.1) is 0 Å². The molecule has 1 aromatic carbocycles. The fourth-order valence-electron chi connectivity index (χ4n) is 2.03. The number of hydrogen-bond donors (Lipinski definition) is 4. The van der Waals surface area contributed by atoms with Gasteiger partial charge < -0.3 is 25.4 Å². The molecule has 0 spiro atoms. The van der Waals surface area contributed by atoms with Crippen LogP contribution in [-0.4, -0.2) is 57.5 Å². The first-order chi connectivity index (χ1) is 14.8. The molecular weight excluding hydrogens is 400 g/mol. The van der Waals surface area contributed by atoms with Crippen LogP contribution in [0.4, 0.5) is 0 Å². The lowest BCUT2D eigenvalue weighted by atomic mass is 10.2. The minimum Gasteiger partial charge on any atom is -0.490 e. The van der Waals surface area contributed by atoms with E-state index in [1.165, 1.54) is 0 Å². The normalized spacial score (nSPS) is 11.1. The van der Waals surface area contributed by atoms with Crippen LogP contribution < -0.4 is 10.1 Å². The van der Waals surface area contributed by atoms with Crippen molar-refractivity contribution in [1.82, 2.24) is 10.3 Å². The minimum absolute atomic E-state index is 0.230. The van der Waals surface area contributed by atoms with Gasteiger partial charge in [0.25, 0.3) is 0 Å². The third-order valence-corrected chi connectivity index (χ3v) is 3.47. The standard InChI is InChI=1S/C19H22N2O2.C4H4O4/c1-15(2)21-13-18(22)14-23-19-6-4-3-5-17(19)8-7-16-9-11-20-12-10-16;5-3(6)1-2-4(7)8/h3-6,9-12,15,18,21-22H,13-14H2,1-2H3;1-2H,(H,5,6)(H,7,8). The molecule has 164 valence electrons. The summed E-state index contributed by atoms with van der Waals surface area (Å²) in [5, 5.41) is 28.7. The van der Waals surface area contributed by atoms with Crippen molar-refractivity contribution < 1.29 is 29.6 Å². The van der Waals surface area contributed by atoms with Crippen LogP contribution in [0, 0.1) is 11.8 Å². The Balaban J connectivity index is 0.000000512. The largest absolute Gasteiger partial charge is 0.490 e. The number of carbonyl (C=O) groups is 2. The molecule has 1 atom stereocenters. The molecule has 31 heavy (non-hydrogen) atoms. The lowest BCUT2D eigenvalue weighted by molar-refractivity contribution is -0.134. The maximum absolute atomic E-state index is 9.93. The zero-order chi connectivity index (χ0) is 23.1. The zero-order valence-corrected chi connectivity index (χ0v) is 17.4. The quantitative estimate of drug-likeness (QED) is 0.372. The first-order valence-electron chi connectivity index (χ1n) is 9.47. The van der Waals surface area contributed by atoms with E-state index in [4.69, 9.17) is 14.9 Å². The molecule has 0 saturated heterocycles. The smallest absolute Gasteiger partial charge is 0.328 e. The van der Waals surface area contributed by atoms with E-state index in [1.807, 2.05) is 50.2 Å². The number of hydrogen-bond acceptors (Lipinski definition) is 6. The molecule has 0 aliphatic carbocycles. The molecule has 0 bridgehead atoms. The number of ether oxygens (including phenoxy) is 1. The summed E-state index contributed by atoms with van der Waals surface area (Å²) in [6.45, 7) is 4.81. The lowest BCUT2D eigenvalue weighted by Gasteiger charge is -2.15. The maximum Gasteiger partial charge on any atom is 0.328 e. The highest BCUT2D eigenvalue weighted by atomic mass is 16.5. The molecule has 0 saturated carbocycles. The predicted molar refractivity (Wildman–Crippen MR) is 116 cm³/mol. The van der Waals surface area contributed by atoms with Crippen LogP contribution in [-0.2, 0) is 9.59 Å². The molecule has 0 radical (unpaired) electrons. The minimum atomic E-state index is -1.26. The van der Waals surface area contributed by atoms with Gasteiger partial charge in [-0.05, 0) is 24.3 Å². The highest BCUT2D eigenvalue weighted by Crippen LogP contribution is 2.17. The third kappa shape index (κ3) is 12.5. The van der Waals surface area contributed by atoms with Crippen LogP contribution in [0.3, 0.4) is 0 Å². The van der Waals surface area contributed by atoms with E-state index in [0.717, 1.165) is 11.1 Å². The van der Waals surface area contributed by atoms with Crippen molar-refractivity contribution in [2.24, 2.45) is 0 Å². The molecule has 8 nitrogen and oxygen atoms in total. The monoisotopic (exact) mass is 426 g/mol. The topological polar surface area (TPSA) is 129 Å². The Morgan fingerprint density at radius 1 is 1.06 bits per heavy atom. The van der Waals surface area contributed by atoms with Gasteiger partial charge in [0.15, 0.2) is 0 Å². The molecule has 0 aliphatic rings. The number of aliphatic carboxylic acids is 2. The average Bonchev–Trinajstić information content (AvgIpc) is 2.75. The summed E-state index contributed by atoms with van der Waals surface area (Å²) < 4.78 is 5.71. The van der Waals surface area contributed by atoms with Crippen LogP contribution in [0.5, 0.6) is 5.75 Å². The summed E-state index contributed by atoms with van der Waals surface area (Å²) in [5.41, 5.74) is 1.70. The molecule has 1 unspecified atom stereocenters. The van der Waals surface area contributed by atoms with E-state index in [0.29, 0.717) is 30.5 Å². The molecule has 4 N–H and O–H groups in total. The molecule has 1 heterocycles. The van der Waals surface area contributed by atoms with Gasteiger partial charge >= 0.3 is 11.9 Å². The van der Waals surface area contributed by atoms with Gasteiger partial charge in [-0.3, -0.25) is 4.98 Å². The Morgan fingerprint density at radius 3 is 2.26 bits per heavy atom. The predicted octanol–water partition coefficient (Wildman–Crippen LogP) is 1.93.